The molecule has 100 valence electrons. The largest absolute Gasteiger partial charge is 0.366 e. The van der Waals surface area contributed by atoms with Crippen molar-refractivity contribution in [3.8, 4) is 0 Å². The molecule has 0 saturated heterocycles. The fourth-order valence-electron chi connectivity index (χ4n) is 2.00. The molecule has 4 nitrogen and oxygen atoms in total. The van der Waals surface area contributed by atoms with Crippen molar-refractivity contribution in [1.82, 2.24) is 9.97 Å². The Morgan fingerprint density at radius 2 is 1.95 bits per heavy atom. The Bertz CT molecular complexity index is 752. The van der Waals surface area contributed by atoms with Gasteiger partial charge in [0, 0.05) is 5.75 Å². The summed E-state index contributed by atoms with van der Waals surface area (Å²) < 4.78 is 0. The van der Waals surface area contributed by atoms with Crippen molar-refractivity contribution >= 4 is 28.7 Å². The highest BCUT2D eigenvalue weighted by molar-refractivity contribution is 7.98. The number of para-hydroxylation sites is 1. The van der Waals surface area contributed by atoms with Crippen LogP contribution in [0.15, 0.2) is 53.7 Å². The quantitative estimate of drug-likeness (QED) is 0.723. The van der Waals surface area contributed by atoms with Crippen LogP contribution in [-0.4, -0.2) is 15.9 Å². The number of nitrogens with two attached hydrogens (primary N) is 1. The predicted molar refractivity (Wildman–Crippen MR) is 80.6 cm³/mol. The lowest BCUT2D eigenvalue weighted by Gasteiger charge is -1.97. The third-order valence-corrected chi connectivity index (χ3v) is 3.92. The van der Waals surface area contributed by atoms with E-state index in [1.165, 1.54) is 5.56 Å². The monoisotopic (exact) mass is 283 g/mol. The summed E-state index contributed by atoms with van der Waals surface area (Å²) in [4.78, 5) is 19.0. The van der Waals surface area contributed by atoms with Gasteiger partial charge >= 0.3 is 0 Å². The van der Waals surface area contributed by atoms with Gasteiger partial charge in [0.05, 0.1) is 11.1 Å². The number of H-pyrrole nitrogens is 1. The minimum absolute atomic E-state index is 0.449. The van der Waals surface area contributed by atoms with Crippen LogP contribution in [0.1, 0.15) is 15.9 Å². The molecule has 0 aliphatic heterocycles. The summed E-state index contributed by atoms with van der Waals surface area (Å²) in [5, 5.41) is 0.789. The molecule has 0 spiro atoms. The van der Waals surface area contributed by atoms with Gasteiger partial charge < -0.3 is 10.7 Å². The van der Waals surface area contributed by atoms with Crippen LogP contribution in [0.4, 0.5) is 0 Å². The molecule has 0 unspecified atom stereocenters. The van der Waals surface area contributed by atoms with Gasteiger partial charge in [0.15, 0.2) is 5.16 Å². The molecule has 1 aromatic heterocycles. The first-order valence-electron chi connectivity index (χ1n) is 6.19. The maximum atomic E-state index is 11.4. The summed E-state index contributed by atoms with van der Waals surface area (Å²) in [5.41, 5.74) is 8.50. The molecule has 0 fully saturated rings. The number of benzene rings is 2. The third kappa shape index (κ3) is 2.53. The fourth-order valence-corrected chi connectivity index (χ4v) is 2.84. The van der Waals surface area contributed by atoms with Gasteiger partial charge in [-0.15, -0.1) is 0 Å². The minimum atomic E-state index is -0.457. The fraction of sp³-hybridized carbons (Fsp3) is 0.0667. The second-order valence-electron chi connectivity index (χ2n) is 4.38. The summed E-state index contributed by atoms with van der Waals surface area (Å²) in [5.74, 6) is 0.369. The Hall–Kier alpha value is -2.27. The van der Waals surface area contributed by atoms with Gasteiger partial charge in [0.25, 0.3) is 5.91 Å². The number of carbonyl (C=O) groups excluding carboxylic acids is 1. The maximum absolute atomic E-state index is 11.4. The van der Waals surface area contributed by atoms with Crippen LogP contribution in [0.2, 0.25) is 0 Å². The number of primary amides is 1. The van der Waals surface area contributed by atoms with E-state index in [1.807, 2.05) is 24.3 Å². The molecule has 0 radical (unpaired) electrons. The number of nitrogens with one attached hydrogen (secondary N) is 1. The van der Waals surface area contributed by atoms with Crippen LogP contribution < -0.4 is 5.73 Å². The van der Waals surface area contributed by atoms with E-state index >= 15 is 0 Å². The zero-order valence-corrected chi connectivity index (χ0v) is 11.5. The Morgan fingerprint density at radius 1 is 1.15 bits per heavy atom. The van der Waals surface area contributed by atoms with Crippen molar-refractivity contribution in [2.24, 2.45) is 5.73 Å². The predicted octanol–water partition coefficient (Wildman–Crippen LogP) is 2.95. The van der Waals surface area contributed by atoms with Gasteiger partial charge in [-0.2, -0.15) is 0 Å². The van der Waals surface area contributed by atoms with Gasteiger partial charge in [-0.1, -0.05) is 48.2 Å². The lowest BCUT2D eigenvalue weighted by molar-refractivity contribution is 0.100. The van der Waals surface area contributed by atoms with Crippen molar-refractivity contribution in [3.05, 3.63) is 59.7 Å². The zero-order chi connectivity index (χ0) is 13.9. The second kappa shape index (κ2) is 5.38. The number of nitrogens with zero attached hydrogens (tertiary/aromatic N) is 1. The van der Waals surface area contributed by atoms with E-state index in [1.54, 1.807) is 23.9 Å². The highest BCUT2D eigenvalue weighted by atomic mass is 32.2. The van der Waals surface area contributed by atoms with Crippen LogP contribution in [0.5, 0.6) is 0 Å². The van der Waals surface area contributed by atoms with E-state index < -0.39 is 5.91 Å². The third-order valence-electron chi connectivity index (χ3n) is 2.97. The van der Waals surface area contributed by atoms with Crippen molar-refractivity contribution in [2.45, 2.75) is 10.9 Å². The van der Waals surface area contributed by atoms with E-state index in [9.17, 15) is 4.79 Å². The topological polar surface area (TPSA) is 71.8 Å². The SMILES string of the molecule is NC(=O)c1cccc2[nH]c(SCc3ccccc3)nc12. The number of rotatable bonds is 4. The number of hydrogen-bond acceptors (Lipinski definition) is 3. The Kier molecular flexibility index (Phi) is 3.43. The molecular weight excluding hydrogens is 270 g/mol. The summed E-state index contributed by atoms with van der Waals surface area (Å²) in [6.45, 7) is 0. The van der Waals surface area contributed by atoms with Gasteiger partial charge in [0.1, 0.15) is 5.52 Å². The van der Waals surface area contributed by atoms with Crippen molar-refractivity contribution < 1.29 is 4.79 Å². The lowest BCUT2D eigenvalue weighted by Crippen LogP contribution is -2.11. The van der Waals surface area contributed by atoms with Crippen LogP contribution in [0.3, 0.4) is 0 Å². The van der Waals surface area contributed by atoms with Gasteiger partial charge in [-0.3, -0.25) is 4.79 Å². The summed E-state index contributed by atoms with van der Waals surface area (Å²) >= 11 is 1.60. The standard InChI is InChI=1S/C15H13N3OS/c16-14(19)11-7-4-8-12-13(11)18-15(17-12)20-9-10-5-2-1-3-6-10/h1-8H,9H2,(H2,16,19)(H,17,18). The summed E-state index contributed by atoms with van der Waals surface area (Å²) in [6, 6.07) is 15.5. The first-order valence-corrected chi connectivity index (χ1v) is 7.18. The number of aromatic amines is 1. The van der Waals surface area contributed by atoms with E-state index in [4.69, 9.17) is 5.73 Å². The van der Waals surface area contributed by atoms with Crippen LogP contribution in [-0.2, 0) is 5.75 Å². The van der Waals surface area contributed by atoms with Crippen molar-refractivity contribution in [2.75, 3.05) is 0 Å². The molecule has 0 aliphatic rings. The maximum Gasteiger partial charge on any atom is 0.250 e. The average molecular weight is 283 g/mol. The molecule has 3 N–H and O–H groups in total. The molecule has 0 saturated carbocycles. The Labute approximate surface area is 120 Å². The molecule has 3 aromatic rings. The molecule has 1 heterocycles. The number of amides is 1. The molecule has 2 aromatic carbocycles. The van der Waals surface area contributed by atoms with Crippen LogP contribution >= 0.6 is 11.8 Å². The number of hydrogen-bond donors (Lipinski definition) is 2. The van der Waals surface area contributed by atoms with Crippen molar-refractivity contribution in [3.63, 3.8) is 0 Å². The number of carbonyl (C=O) groups is 1. The van der Waals surface area contributed by atoms with Crippen molar-refractivity contribution in [1.29, 1.82) is 0 Å². The zero-order valence-electron chi connectivity index (χ0n) is 10.7. The summed E-state index contributed by atoms with van der Waals surface area (Å²) in [6.07, 6.45) is 0. The molecule has 0 aliphatic carbocycles. The first kappa shape index (κ1) is 12.7. The Morgan fingerprint density at radius 3 is 2.70 bits per heavy atom. The van der Waals surface area contributed by atoms with Gasteiger partial charge in [0.2, 0.25) is 0 Å². The molecule has 20 heavy (non-hydrogen) atoms. The second-order valence-corrected chi connectivity index (χ2v) is 5.35. The van der Waals surface area contributed by atoms with Gasteiger partial charge in [-0.05, 0) is 17.7 Å². The van der Waals surface area contributed by atoms with E-state index in [0.29, 0.717) is 11.1 Å². The summed E-state index contributed by atoms with van der Waals surface area (Å²) in [7, 11) is 0. The number of thioether (sulfide) groups is 1. The van der Waals surface area contributed by atoms with E-state index in [2.05, 4.69) is 22.1 Å². The van der Waals surface area contributed by atoms with E-state index in [0.717, 1.165) is 16.4 Å². The molecule has 1 amide bonds. The number of aromatic nitrogens is 2. The smallest absolute Gasteiger partial charge is 0.250 e. The molecule has 0 bridgehead atoms. The number of imidazole rings is 1. The molecule has 5 heteroatoms. The normalized spacial score (nSPS) is 10.8. The van der Waals surface area contributed by atoms with Gasteiger partial charge in [-0.25, -0.2) is 4.98 Å². The molecule has 0 atom stereocenters. The average Bonchev–Trinajstić information content (AvgIpc) is 2.88. The minimum Gasteiger partial charge on any atom is -0.366 e. The lowest BCUT2D eigenvalue weighted by atomic mass is 10.2. The number of fused-ring (bicyclic) bond motifs is 1. The van der Waals surface area contributed by atoms with E-state index in [-0.39, 0.29) is 0 Å². The highest BCUT2D eigenvalue weighted by Gasteiger charge is 2.11. The Balaban J connectivity index is 1.86. The first-order chi connectivity index (χ1) is 9.74. The molecular formula is C15H13N3OS. The van der Waals surface area contributed by atoms with Crippen LogP contribution in [0.25, 0.3) is 11.0 Å². The van der Waals surface area contributed by atoms with Crippen LogP contribution in [0, 0.1) is 0 Å². The molecule has 3 rings (SSSR count). The highest BCUT2D eigenvalue weighted by Crippen LogP contribution is 2.24.